The van der Waals surface area contributed by atoms with E-state index in [9.17, 15) is 9.59 Å². The van der Waals surface area contributed by atoms with Crippen molar-refractivity contribution in [3.8, 4) is 5.75 Å². The number of carbonyl (C=O) groups excluding carboxylic acids is 1. The molecule has 114 valence electrons. The average molecular weight is 356 g/mol. The lowest BCUT2D eigenvalue weighted by atomic mass is 10.2. The number of ether oxygens (including phenoxy) is 1. The fraction of sp³-hybridized carbons (Fsp3) is 0.333. The maximum atomic E-state index is 11.6. The van der Waals surface area contributed by atoms with Gasteiger partial charge in [0.05, 0.1) is 6.61 Å². The van der Waals surface area contributed by atoms with Gasteiger partial charge in [-0.2, -0.15) is 0 Å². The van der Waals surface area contributed by atoms with E-state index in [1.807, 2.05) is 25.1 Å². The molecule has 1 rings (SSSR count). The first-order chi connectivity index (χ1) is 10.0. The first kappa shape index (κ1) is 17.2. The van der Waals surface area contributed by atoms with Crippen molar-refractivity contribution in [1.82, 2.24) is 5.32 Å². The Labute approximate surface area is 132 Å². The standard InChI is InChI=1S/C15H18BrNO4/c1-2-21-13-7-6-12(16)10-11(13)5-8-14(18)17-9-3-4-15(19)20/h5-8,10H,2-4,9H2,1H3,(H,17,18)(H,19,20)/b8-5+. The Morgan fingerprint density at radius 1 is 1.43 bits per heavy atom. The highest BCUT2D eigenvalue weighted by Gasteiger charge is 2.03. The fourth-order valence-electron chi connectivity index (χ4n) is 1.61. The molecule has 0 unspecified atom stereocenters. The number of carboxylic acids is 1. The van der Waals surface area contributed by atoms with Crippen molar-refractivity contribution in [2.24, 2.45) is 0 Å². The second-order valence-corrected chi connectivity index (χ2v) is 5.15. The molecule has 0 aliphatic rings. The largest absolute Gasteiger partial charge is 0.493 e. The molecule has 0 bridgehead atoms. The van der Waals surface area contributed by atoms with E-state index in [-0.39, 0.29) is 12.3 Å². The zero-order chi connectivity index (χ0) is 15.7. The van der Waals surface area contributed by atoms with Crippen LogP contribution in [0.15, 0.2) is 28.7 Å². The molecule has 5 nitrogen and oxygen atoms in total. The summed E-state index contributed by atoms with van der Waals surface area (Å²) < 4.78 is 6.38. The van der Waals surface area contributed by atoms with Crippen LogP contribution in [0.1, 0.15) is 25.3 Å². The molecule has 0 saturated heterocycles. The third kappa shape index (κ3) is 6.94. The molecule has 0 aliphatic heterocycles. The number of aliphatic carboxylic acids is 1. The van der Waals surface area contributed by atoms with Crippen LogP contribution in [0.4, 0.5) is 0 Å². The van der Waals surface area contributed by atoms with Crippen molar-refractivity contribution in [2.75, 3.05) is 13.2 Å². The number of carboxylic acid groups (broad SMARTS) is 1. The summed E-state index contributed by atoms with van der Waals surface area (Å²) >= 11 is 3.37. The molecule has 0 heterocycles. The van der Waals surface area contributed by atoms with E-state index >= 15 is 0 Å². The van der Waals surface area contributed by atoms with E-state index < -0.39 is 5.97 Å². The lowest BCUT2D eigenvalue weighted by Crippen LogP contribution is -2.22. The second kappa shape index (κ2) is 9.18. The number of nitrogens with one attached hydrogen (secondary N) is 1. The predicted octanol–water partition coefficient (Wildman–Crippen LogP) is 2.84. The number of amides is 1. The number of hydrogen-bond acceptors (Lipinski definition) is 3. The van der Waals surface area contributed by atoms with E-state index in [0.717, 1.165) is 10.0 Å². The molecule has 0 atom stereocenters. The van der Waals surface area contributed by atoms with Crippen molar-refractivity contribution in [1.29, 1.82) is 0 Å². The van der Waals surface area contributed by atoms with E-state index in [2.05, 4.69) is 21.2 Å². The first-order valence-electron chi connectivity index (χ1n) is 6.63. The third-order valence-electron chi connectivity index (χ3n) is 2.55. The summed E-state index contributed by atoms with van der Waals surface area (Å²) in [5.41, 5.74) is 0.798. The Hall–Kier alpha value is -1.82. The lowest BCUT2D eigenvalue weighted by Gasteiger charge is -2.07. The monoisotopic (exact) mass is 355 g/mol. The Morgan fingerprint density at radius 3 is 2.86 bits per heavy atom. The van der Waals surface area contributed by atoms with Gasteiger partial charge < -0.3 is 15.2 Å². The second-order valence-electron chi connectivity index (χ2n) is 4.24. The van der Waals surface area contributed by atoms with E-state index in [0.29, 0.717) is 25.3 Å². The number of halogens is 1. The van der Waals surface area contributed by atoms with Gasteiger partial charge in [-0.05, 0) is 37.6 Å². The molecule has 1 aromatic rings. The maximum Gasteiger partial charge on any atom is 0.303 e. The summed E-state index contributed by atoms with van der Waals surface area (Å²) in [6.07, 6.45) is 3.54. The highest BCUT2D eigenvalue weighted by Crippen LogP contribution is 2.24. The number of carbonyl (C=O) groups is 2. The molecule has 0 aromatic heterocycles. The molecule has 0 spiro atoms. The Morgan fingerprint density at radius 2 is 2.19 bits per heavy atom. The minimum atomic E-state index is -0.865. The first-order valence-corrected chi connectivity index (χ1v) is 7.42. The van der Waals surface area contributed by atoms with Crippen LogP contribution in [0.2, 0.25) is 0 Å². The van der Waals surface area contributed by atoms with Crippen LogP contribution in [-0.4, -0.2) is 30.1 Å². The topological polar surface area (TPSA) is 75.6 Å². The van der Waals surface area contributed by atoms with Gasteiger partial charge in [0.15, 0.2) is 0 Å². The Kier molecular flexibility index (Phi) is 7.53. The normalized spacial score (nSPS) is 10.6. The van der Waals surface area contributed by atoms with Crippen LogP contribution in [-0.2, 0) is 9.59 Å². The van der Waals surface area contributed by atoms with E-state index in [1.165, 1.54) is 6.08 Å². The van der Waals surface area contributed by atoms with Gasteiger partial charge in [-0.3, -0.25) is 9.59 Å². The maximum absolute atomic E-state index is 11.6. The molecule has 1 aromatic carbocycles. The van der Waals surface area contributed by atoms with Crippen LogP contribution in [0.5, 0.6) is 5.75 Å². The molecule has 0 fully saturated rings. The van der Waals surface area contributed by atoms with Crippen molar-refractivity contribution >= 4 is 33.9 Å². The van der Waals surface area contributed by atoms with Gasteiger partial charge in [0.2, 0.25) is 5.91 Å². The Bertz CT molecular complexity index is 528. The van der Waals surface area contributed by atoms with Crippen molar-refractivity contribution in [3.63, 3.8) is 0 Å². The summed E-state index contributed by atoms with van der Waals surface area (Å²) in [4.78, 5) is 22.0. The predicted molar refractivity (Wildman–Crippen MR) is 84.2 cm³/mol. The van der Waals surface area contributed by atoms with Crippen LogP contribution in [0.25, 0.3) is 6.08 Å². The third-order valence-corrected chi connectivity index (χ3v) is 3.05. The van der Waals surface area contributed by atoms with Crippen molar-refractivity contribution in [2.45, 2.75) is 19.8 Å². The van der Waals surface area contributed by atoms with Crippen LogP contribution < -0.4 is 10.1 Å². The van der Waals surface area contributed by atoms with Gasteiger partial charge in [-0.1, -0.05) is 15.9 Å². The van der Waals surface area contributed by atoms with Gasteiger partial charge >= 0.3 is 5.97 Å². The molecular weight excluding hydrogens is 338 g/mol. The fourth-order valence-corrected chi connectivity index (χ4v) is 1.99. The molecule has 0 radical (unpaired) electrons. The molecular formula is C15H18BrNO4. The van der Waals surface area contributed by atoms with Gasteiger partial charge in [-0.25, -0.2) is 0 Å². The zero-order valence-corrected chi connectivity index (χ0v) is 13.4. The number of benzene rings is 1. The van der Waals surface area contributed by atoms with Gasteiger partial charge in [0.1, 0.15) is 5.75 Å². The van der Waals surface area contributed by atoms with Gasteiger partial charge in [0.25, 0.3) is 0 Å². The molecule has 0 aliphatic carbocycles. The quantitative estimate of drug-likeness (QED) is 0.555. The molecule has 1 amide bonds. The van der Waals surface area contributed by atoms with E-state index in [1.54, 1.807) is 6.08 Å². The highest BCUT2D eigenvalue weighted by molar-refractivity contribution is 9.10. The van der Waals surface area contributed by atoms with Gasteiger partial charge in [0, 0.05) is 29.1 Å². The summed E-state index contributed by atoms with van der Waals surface area (Å²) in [6.45, 7) is 2.78. The smallest absolute Gasteiger partial charge is 0.303 e. The van der Waals surface area contributed by atoms with Crippen molar-refractivity contribution < 1.29 is 19.4 Å². The highest BCUT2D eigenvalue weighted by atomic mass is 79.9. The molecule has 2 N–H and O–H groups in total. The number of rotatable bonds is 8. The minimum Gasteiger partial charge on any atom is -0.493 e. The van der Waals surface area contributed by atoms with Crippen LogP contribution in [0.3, 0.4) is 0 Å². The van der Waals surface area contributed by atoms with Gasteiger partial charge in [-0.15, -0.1) is 0 Å². The van der Waals surface area contributed by atoms with E-state index in [4.69, 9.17) is 9.84 Å². The molecule has 6 heteroatoms. The summed E-state index contributed by atoms with van der Waals surface area (Å²) in [5, 5.41) is 11.1. The summed E-state index contributed by atoms with van der Waals surface area (Å²) in [5.74, 6) is -0.422. The SMILES string of the molecule is CCOc1ccc(Br)cc1/C=C/C(=O)NCCCC(=O)O. The van der Waals surface area contributed by atoms with Crippen molar-refractivity contribution in [3.05, 3.63) is 34.3 Å². The van der Waals surface area contributed by atoms with Crippen LogP contribution in [0, 0.1) is 0 Å². The zero-order valence-electron chi connectivity index (χ0n) is 11.8. The Balaban J connectivity index is 2.56. The summed E-state index contributed by atoms with van der Waals surface area (Å²) in [6, 6.07) is 5.56. The summed E-state index contributed by atoms with van der Waals surface area (Å²) in [7, 11) is 0. The molecule has 0 saturated carbocycles. The molecule has 21 heavy (non-hydrogen) atoms. The number of hydrogen-bond donors (Lipinski definition) is 2. The average Bonchev–Trinajstić information content (AvgIpc) is 2.44. The minimum absolute atomic E-state index is 0.0457. The lowest BCUT2D eigenvalue weighted by molar-refractivity contribution is -0.137. The van der Waals surface area contributed by atoms with Crippen LogP contribution >= 0.6 is 15.9 Å².